The Balaban J connectivity index is 0.992. The SMILES string of the molecule is O=C1N[C@H]2[C@H](CS[C@H]2CCCCC(=O)OCc2cn(CCCC[C@@H](/C=C/S(=O)(=O)c3ccccc3)NC(=O)[C@H](Cc3ccccc3)NC(=O)OCc3ccccc3)nn2)N1. The number of alkyl carbamates (subject to hydrolysis) is 1. The van der Waals surface area contributed by atoms with Crippen LogP contribution in [0.4, 0.5) is 9.59 Å². The Labute approximate surface area is 354 Å². The summed E-state index contributed by atoms with van der Waals surface area (Å²) in [6, 6.07) is 25.0. The number of rotatable bonds is 22. The summed E-state index contributed by atoms with van der Waals surface area (Å²) in [4.78, 5) is 50.9. The van der Waals surface area contributed by atoms with Crippen molar-refractivity contribution in [2.75, 3.05) is 5.75 Å². The van der Waals surface area contributed by atoms with Gasteiger partial charge in [-0.1, -0.05) is 96.6 Å². The summed E-state index contributed by atoms with van der Waals surface area (Å²) in [6.45, 7) is 0.512. The van der Waals surface area contributed by atoms with Crippen LogP contribution in [0.15, 0.2) is 114 Å². The molecule has 60 heavy (non-hydrogen) atoms. The average molecular weight is 858 g/mol. The summed E-state index contributed by atoms with van der Waals surface area (Å²) < 4.78 is 38.8. The van der Waals surface area contributed by atoms with Crippen LogP contribution in [0, 0.1) is 0 Å². The monoisotopic (exact) mass is 857 g/mol. The molecule has 318 valence electrons. The molecule has 0 radical (unpaired) electrons. The Morgan fingerprint density at radius 1 is 0.867 bits per heavy atom. The van der Waals surface area contributed by atoms with E-state index in [9.17, 15) is 27.6 Å². The molecule has 0 unspecified atom stereocenters. The van der Waals surface area contributed by atoms with Crippen LogP contribution in [0.25, 0.3) is 0 Å². The minimum Gasteiger partial charge on any atom is -0.459 e. The second-order valence-electron chi connectivity index (χ2n) is 14.7. The number of esters is 1. The Morgan fingerprint density at radius 2 is 1.58 bits per heavy atom. The quantitative estimate of drug-likeness (QED) is 0.0459. The third-order valence-corrected chi connectivity index (χ3v) is 13.1. The van der Waals surface area contributed by atoms with E-state index in [1.807, 2.05) is 72.4 Å². The molecule has 15 nitrogen and oxygen atoms in total. The normalized spacial score (nSPS) is 18.2. The number of carbonyl (C=O) groups is 4. The van der Waals surface area contributed by atoms with E-state index < -0.39 is 33.9 Å². The van der Waals surface area contributed by atoms with E-state index >= 15 is 0 Å². The van der Waals surface area contributed by atoms with Gasteiger partial charge in [0.2, 0.25) is 5.91 Å². The van der Waals surface area contributed by atoms with Crippen LogP contribution in [0.3, 0.4) is 0 Å². The van der Waals surface area contributed by atoms with Gasteiger partial charge in [0.25, 0.3) is 0 Å². The molecule has 3 aromatic carbocycles. The molecule has 2 saturated heterocycles. The van der Waals surface area contributed by atoms with Gasteiger partial charge in [0.05, 0.1) is 23.2 Å². The number of aryl methyl sites for hydroxylation is 1. The first kappa shape index (κ1) is 43.9. The van der Waals surface area contributed by atoms with E-state index in [1.54, 1.807) is 29.1 Å². The first-order valence-electron chi connectivity index (χ1n) is 20.1. The molecule has 0 bridgehead atoms. The molecule has 0 spiro atoms. The maximum absolute atomic E-state index is 13.9. The van der Waals surface area contributed by atoms with Crippen molar-refractivity contribution in [3.05, 3.63) is 125 Å². The zero-order valence-electron chi connectivity index (χ0n) is 33.2. The third-order valence-electron chi connectivity index (χ3n) is 10.2. The predicted molar refractivity (Wildman–Crippen MR) is 226 cm³/mol. The smallest absolute Gasteiger partial charge is 0.408 e. The Hall–Kier alpha value is -5.68. The maximum atomic E-state index is 13.9. The summed E-state index contributed by atoms with van der Waals surface area (Å²) in [5.74, 6) is 0.0951. The summed E-state index contributed by atoms with van der Waals surface area (Å²) >= 11 is 1.85. The van der Waals surface area contributed by atoms with Crippen molar-refractivity contribution in [1.29, 1.82) is 0 Å². The van der Waals surface area contributed by atoms with E-state index in [1.165, 1.54) is 18.2 Å². The minimum absolute atomic E-state index is 0.00549. The van der Waals surface area contributed by atoms with Gasteiger partial charge in [0.15, 0.2) is 9.84 Å². The fourth-order valence-electron chi connectivity index (χ4n) is 6.99. The molecular formula is C43H51N7O8S2. The van der Waals surface area contributed by atoms with Gasteiger partial charge in [-0.3, -0.25) is 14.3 Å². The largest absolute Gasteiger partial charge is 0.459 e. The lowest BCUT2D eigenvalue weighted by Crippen LogP contribution is -2.50. The van der Waals surface area contributed by atoms with Crippen molar-refractivity contribution < 1.29 is 37.1 Å². The molecule has 1 aromatic heterocycles. The number of benzene rings is 3. The first-order valence-corrected chi connectivity index (χ1v) is 22.7. The average Bonchev–Trinajstić information content (AvgIpc) is 3.98. The highest BCUT2D eigenvalue weighted by atomic mass is 32.2. The molecule has 0 saturated carbocycles. The maximum Gasteiger partial charge on any atom is 0.408 e. The minimum atomic E-state index is -3.81. The number of aromatic nitrogens is 3. The molecule has 17 heteroatoms. The fraction of sp³-hybridized carbons (Fsp3) is 0.395. The Morgan fingerprint density at radius 3 is 2.33 bits per heavy atom. The number of carbonyl (C=O) groups excluding carboxylic acids is 4. The number of urea groups is 1. The van der Waals surface area contributed by atoms with Gasteiger partial charge in [0, 0.05) is 41.8 Å². The lowest BCUT2D eigenvalue weighted by atomic mass is 10.0. The molecule has 3 heterocycles. The van der Waals surface area contributed by atoms with Gasteiger partial charge < -0.3 is 30.7 Å². The molecule has 4 amide bonds. The molecule has 2 aliphatic heterocycles. The topological polar surface area (TPSA) is 200 Å². The van der Waals surface area contributed by atoms with Crippen LogP contribution < -0.4 is 21.3 Å². The van der Waals surface area contributed by atoms with Crippen LogP contribution in [-0.4, -0.2) is 82.6 Å². The molecule has 0 aliphatic carbocycles. The van der Waals surface area contributed by atoms with E-state index in [-0.39, 0.29) is 48.6 Å². The van der Waals surface area contributed by atoms with Crippen molar-refractivity contribution in [3.8, 4) is 0 Å². The van der Waals surface area contributed by atoms with Gasteiger partial charge in [-0.05, 0) is 55.4 Å². The van der Waals surface area contributed by atoms with Crippen molar-refractivity contribution in [2.45, 2.75) is 105 Å². The standard InChI is InChI=1S/C43H51N7O8S2/c51-39(22-11-10-21-38-40-37(30-59-38)45-42(53)47-40)57-29-34-27-50(49-48-34)24-13-12-18-33(23-25-60(55,56)35-19-8-3-9-20-35)44-41(52)36(26-31-14-4-1-5-15-31)46-43(54)58-28-32-16-6-2-7-17-32/h1-9,14-17,19-20,23,25,27,33,36-38,40H,10-13,18,21-22,24,26,28-30H2,(H,44,52)(H,46,54)(H2,45,47,53)/b25-23+/t33-,36-,37-,38-,40-/m0/s1. The summed E-state index contributed by atoms with van der Waals surface area (Å²) in [6.07, 6.45) is 6.94. The number of hydrogen-bond donors (Lipinski definition) is 4. The lowest BCUT2D eigenvalue weighted by Gasteiger charge is -2.22. The van der Waals surface area contributed by atoms with E-state index in [2.05, 4.69) is 31.6 Å². The molecular weight excluding hydrogens is 807 g/mol. The number of sulfone groups is 1. The number of nitrogens with zero attached hydrogens (tertiary/aromatic N) is 3. The highest BCUT2D eigenvalue weighted by molar-refractivity contribution is 8.00. The van der Waals surface area contributed by atoms with Crippen LogP contribution in [0.5, 0.6) is 0 Å². The number of amides is 4. The van der Waals surface area contributed by atoms with E-state index in [0.29, 0.717) is 49.6 Å². The number of fused-ring (bicyclic) bond motifs is 1. The summed E-state index contributed by atoms with van der Waals surface area (Å²) in [5.41, 5.74) is 2.12. The second kappa shape index (κ2) is 22.1. The number of ether oxygens (including phenoxy) is 2. The second-order valence-corrected chi connectivity index (χ2v) is 17.9. The number of thioether (sulfide) groups is 1. The number of hydrogen-bond acceptors (Lipinski definition) is 11. The van der Waals surface area contributed by atoms with Gasteiger partial charge in [-0.25, -0.2) is 18.0 Å². The van der Waals surface area contributed by atoms with Crippen molar-refractivity contribution in [2.24, 2.45) is 0 Å². The molecule has 2 fully saturated rings. The lowest BCUT2D eigenvalue weighted by molar-refractivity contribution is -0.145. The van der Waals surface area contributed by atoms with Gasteiger partial charge in [-0.15, -0.1) is 5.10 Å². The first-order chi connectivity index (χ1) is 29.1. The molecule has 4 aromatic rings. The zero-order chi connectivity index (χ0) is 42.2. The van der Waals surface area contributed by atoms with Crippen LogP contribution in [0.1, 0.15) is 61.8 Å². The summed E-state index contributed by atoms with van der Waals surface area (Å²) in [5, 5.41) is 21.3. The Kier molecular flexibility index (Phi) is 16.1. The fourth-order valence-corrected chi connectivity index (χ4v) is 9.62. The molecule has 2 aliphatic rings. The van der Waals surface area contributed by atoms with Crippen LogP contribution >= 0.6 is 11.8 Å². The Bertz CT molecular complexity index is 2160. The number of unbranched alkanes of at least 4 members (excludes halogenated alkanes) is 2. The van der Waals surface area contributed by atoms with Crippen molar-refractivity contribution in [1.82, 2.24) is 36.3 Å². The highest BCUT2D eigenvalue weighted by Crippen LogP contribution is 2.33. The van der Waals surface area contributed by atoms with E-state index in [4.69, 9.17) is 9.47 Å². The highest BCUT2D eigenvalue weighted by Gasteiger charge is 2.42. The molecule has 5 atom stereocenters. The van der Waals surface area contributed by atoms with Gasteiger partial charge in [-0.2, -0.15) is 11.8 Å². The third kappa shape index (κ3) is 13.7. The number of nitrogens with one attached hydrogen (secondary N) is 4. The van der Waals surface area contributed by atoms with Crippen LogP contribution in [-0.2, 0) is 55.1 Å². The van der Waals surface area contributed by atoms with Crippen LogP contribution in [0.2, 0.25) is 0 Å². The molecule has 4 N–H and O–H groups in total. The van der Waals surface area contributed by atoms with Gasteiger partial charge >= 0.3 is 18.1 Å². The van der Waals surface area contributed by atoms with Crippen molar-refractivity contribution in [3.63, 3.8) is 0 Å². The zero-order valence-corrected chi connectivity index (χ0v) is 34.8. The predicted octanol–water partition coefficient (Wildman–Crippen LogP) is 5.23. The van der Waals surface area contributed by atoms with E-state index in [0.717, 1.165) is 35.1 Å². The van der Waals surface area contributed by atoms with Gasteiger partial charge in [0.1, 0.15) is 24.9 Å². The van der Waals surface area contributed by atoms with Crippen molar-refractivity contribution >= 4 is 45.6 Å². The summed E-state index contributed by atoms with van der Waals surface area (Å²) in [7, 11) is -3.81. The molecule has 6 rings (SSSR count).